The van der Waals surface area contributed by atoms with E-state index in [-0.39, 0.29) is 6.04 Å². The fourth-order valence-electron chi connectivity index (χ4n) is 3.30. The molecule has 2 aromatic rings. The Kier molecular flexibility index (Phi) is 5.04. The van der Waals surface area contributed by atoms with Crippen LogP contribution in [0, 0.1) is 0 Å². The molecule has 0 fully saturated rings. The van der Waals surface area contributed by atoms with Gasteiger partial charge in [-0.1, -0.05) is 42.5 Å². The molecule has 1 atom stereocenters. The molecule has 0 spiro atoms. The van der Waals surface area contributed by atoms with Gasteiger partial charge in [0.25, 0.3) is 0 Å². The van der Waals surface area contributed by atoms with Gasteiger partial charge in [0.15, 0.2) is 0 Å². The van der Waals surface area contributed by atoms with Crippen molar-refractivity contribution < 1.29 is 8.42 Å². The molecule has 0 aromatic heterocycles. The lowest BCUT2D eigenvalue weighted by molar-refractivity contribution is 0.456. The van der Waals surface area contributed by atoms with Crippen molar-refractivity contribution in [2.45, 2.75) is 36.7 Å². The molecule has 0 saturated carbocycles. The van der Waals surface area contributed by atoms with Crippen molar-refractivity contribution in [1.29, 1.82) is 0 Å². The zero-order valence-corrected chi connectivity index (χ0v) is 15.0. The Bertz CT molecular complexity index is 816. The van der Waals surface area contributed by atoms with E-state index in [0.29, 0.717) is 11.4 Å². The molecule has 0 saturated heterocycles. The highest BCUT2D eigenvalue weighted by Gasteiger charge is 2.23. The Morgan fingerprint density at radius 2 is 1.79 bits per heavy atom. The van der Waals surface area contributed by atoms with Gasteiger partial charge in [0, 0.05) is 26.7 Å². The lowest BCUT2D eigenvalue weighted by atomic mass is 9.87. The van der Waals surface area contributed by atoms with Gasteiger partial charge in [-0.25, -0.2) is 12.7 Å². The number of nitrogens with one attached hydrogen (secondary N) is 1. The molecule has 0 aliphatic heterocycles. The number of sulfonamides is 1. The zero-order chi connectivity index (χ0) is 17.2. The highest BCUT2D eigenvalue weighted by molar-refractivity contribution is 7.89. The summed E-state index contributed by atoms with van der Waals surface area (Å²) in [7, 11) is -0.295. The molecule has 0 heterocycles. The summed E-state index contributed by atoms with van der Waals surface area (Å²) in [5.41, 5.74) is 3.56. The Morgan fingerprint density at radius 1 is 1.08 bits per heavy atom. The molecule has 128 valence electrons. The van der Waals surface area contributed by atoms with Crippen LogP contribution in [0.2, 0.25) is 0 Å². The molecule has 1 unspecified atom stereocenters. The van der Waals surface area contributed by atoms with Crippen molar-refractivity contribution in [1.82, 2.24) is 9.62 Å². The summed E-state index contributed by atoms with van der Waals surface area (Å²) in [4.78, 5) is 0.381. The first kappa shape index (κ1) is 17.1. The molecule has 0 amide bonds. The predicted octanol–water partition coefficient (Wildman–Crippen LogP) is 3.10. The average Bonchev–Trinajstić information content (AvgIpc) is 2.60. The van der Waals surface area contributed by atoms with Crippen molar-refractivity contribution in [3.05, 3.63) is 65.2 Å². The van der Waals surface area contributed by atoms with E-state index in [9.17, 15) is 8.42 Å². The van der Waals surface area contributed by atoms with E-state index >= 15 is 0 Å². The molecule has 2 aromatic carbocycles. The van der Waals surface area contributed by atoms with Crippen LogP contribution in [0.4, 0.5) is 0 Å². The lowest BCUT2D eigenvalue weighted by Gasteiger charge is -2.27. The molecule has 3 rings (SSSR count). The normalized spacial score (nSPS) is 17.7. The second-order valence-electron chi connectivity index (χ2n) is 6.42. The third kappa shape index (κ3) is 3.38. The molecule has 1 N–H and O–H groups in total. The highest BCUT2D eigenvalue weighted by atomic mass is 32.2. The topological polar surface area (TPSA) is 49.4 Å². The fraction of sp³-hybridized carbons (Fsp3) is 0.368. The smallest absolute Gasteiger partial charge is 0.242 e. The molecule has 1 aliphatic rings. The second kappa shape index (κ2) is 7.05. The van der Waals surface area contributed by atoms with Crippen LogP contribution in [0.3, 0.4) is 0 Å². The summed E-state index contributed by atoms with van der Waals surface area (Å²) in [6.07, 6.45) is 3.37. The first-order chi connectivity index (χ1) is 11.5. The van der Waals surface area contributed by atoms with Crippen LogP contribution in [-0.2, 0) is 23.0 Å². The van der Waals surface area contributed by atoms with Crippen LogP contribution >= 0.6 is 0 Å². The van der Waals surface area contributed by atoms with Crippen LogP contribution in [0.5, 0.6) is 0 Å². The summed E-state index contributed by atoms with van der Waals surface area (Å²) in [6.45, 7) is 0.544. The molecule has 0 radical (unpaired) electrons. The SMILES string of the molecule is CN(C)S(=O)(=O)c1ccccc1CNC1CCCc2ccccc21. The summed E-state index contributed by atoms with van der Waals surface area (Å²) >= 11 is 0. The molecular formula is C19H24N2O2S. The zero-order valence-electron chi connectivity index (χ0n) is 14.2. The predicted molar refractivity (Wildman–Crippen MR) is 96.3 cm³/mol. The van der Waals surface area contributed by atoms with Crippen molar-refractivity contribution in [3.63, 3.8) is 0 Å². The van der Waals surface area contributed by atoms with Crippen LogP contribution in [-0.4, -0.2) is 26.8 Å². The molecule has 4 nitrogen and oxygen atoms in total. The third-order valence-electron chi connectivity index (χ3n) is 4.64. The minimum atomic E-state index is -3.43. The summed E-state index contributed by atoms with van der Waals surface area (Å²) in [5, 5.41) is 3.56. The number of nitrogens with zero attached hydrogens (tertiary/aromatic N) is 1. The third-order valence-corrected chi connectivity index (χ3v) is 6.56. The minimum absolute atomic E-state index is 0.282. The standard InChI is InChI=1S/C19H24N2O2S/c1-21(2)24(22,23)19-13-6-4-9-16(19)14-20-18-12-7-10-15-8-3-5-11-17(15)18/h3-6,8-9,11,13,18,20H,7,10,12,14H2,1-2H3. The molecule has 5 heteroatoms. The first-order valence-electron chi connectivity index (χ1n) is 8.32. The van der Waals surface area contributed by atoms with Gasteiger partial charge in [-0.15, -0.1) is 0 Å². The largest absolute Gasteiger partial charge is 0.306 e. The maximum absolute atomic E-state index is 12.5. The Balaban J connectivity index is 1.82. The van der Waals surface area contributed by atoms with Crippen LogP contribution in [0.15, 0.2) is 53.4 Å². The van der Waals surface area contributed by atoms with Crippen LogP contribution < -0.4 is 5.32 Å². The van der Waals surface area contributed by atoms with Gasteiger partial charge in [0.2, 0.25) is 10.0 Å². The molecule has 24 heavy (non-hydrogen) atoms. The number of hydrogen-bond donors (Lipinski definition) is 1. The first-order valence-corrected chi connectivity index (χ1v) is 9.76. The monoisotopic (exact) mass is 344 g/mol. The maximum atomic E-state index is 12.5. The van der Waals surface area contributed by atoms with Gasteiger partial charge < -0.3 is 5.32 Å². The highest BCUT2D eigenvalue weighted by Crippen LogP contribution is 2.30. The van der Waals surface area contributed by atoms with Gasteiger partial charge in [-0.3, -0.25) is 0 Å². The van der Waals surface area contributed by atoms with E-state index in [2.05, 4.69) is 29.6 Å². The second-order valence-corrected chi connectivity index (χ2v) is 8.54. The Hall–Kier alpha value is -1.69. The lowest BCUT2D eigenvalue weighted by Crippen LogP contribution is -2.27. The van der Waals surface area contributed by atoms with Crippen molar-refractivity contribution in [2.24, 2.45) is 0 Å². The van der Waals surface area contributed by atoms with E-state index in [1.165, 1.54) is 15.4 Å². The van der Waals surface area contributed by atoms with Crippen molar-refractivity contribution in [2.75, 3.05) is 14.1 Å². The summed E-state index contributed by atoms with van der Waals surface area (Å²) in [5.74, 6) is 0. The van der Waals surface area contributed by atoms with Crippen molar-refractivity contribution >= 4 is 10.0 Å². The maximum Gasteiger partial charge on any atom is 0.242 e. The van der Waals surface area contributed by atoms with E-state index in [1.54, 1.807) is 26.2 Å². The number of rotatable bonds is 5. The van der Waals surface area contributed by atoms with Gasteiger partial charge in [0.05, 0.1) is 4.90 Å². The number of hydrogen-bond acceptors (Lipinski definition) is 3. The molecular weight excluding hydrogens is 320 g/mol. The quantitative estimate of drug-likeness (QED) is 0.907. The van der Waals surface area contributed by atoms with Crippen LogP contribution in [0.25, 0.3) is 0 Å². The average molecular weight is 344 g/mol. The molecule has 1 aliphatic carbocycles. The van der Waals surface area contributed by atoms with Gasteiger partial charge in [-0.2, -0.15) is 0 Å². The number of aryl methyl sites for hydroxylation is 1. The van der Waals surface area contributed by atoms with Gasteiger partial charge in [-0.05, 0) is 42.0 Å². The van der Waals surface area contributed by atoms with Gasteiger partial charge in [0.1, 0.15) is 0 Å². The van der Waals surface area contributed by atoms with E-state index < -0.39 is 10.0 Å². The van der Waals surface area contributed by atoms with E-state index in [4.69, 9.17) is 0 Å². The van der Waals surface area contributed by atoms with E-state index in [1.807, 2.05) is 12.1 Å². The Labute approximate surface area is 144 Å². The summed E-state index contributed by atoms with van der Waals surface area (Å²) < 4.78 is 26.3. The number of benzene rings is 2. The Morgan fingerprint density at radius 3 is 2.58 bits per heavy atom. The summed E-state index contributed by atoms with van der Waals surface area (Å²) in [6, 6.07) is 16.0. The number of fused-ring (bicyclic) bond motifs is 1. The van der Waals surface area contributed by atoms with E-state index in [0.717, 1.165) is 24.8 Å². The van der Waals surface area contributed by atoms with Crippen molar-refractivity contribution in [3.8, 4) is 0 Å². The van der Waals surface area contributed by atoms with Gasteiger partial charge >= 0.3 is 0 Å². The van der Waals surface area contributed by atoms with Crippen LogP contribution in [0.1, 0.15) is 35.6 Å². The molecule has 0 bridgehead atoms. The fourth-order valence-corrected chi connectivity index (χ4v) is 4.41. The minimum Gasteiger partial charge on any atom is -0.306 e.